The van der Waals surface area contributed by atoms with Gasteiger partial charge in [0.15, 0.2) is 0 Å². The standard InChI is InChI=1S/C50H31NOS/c1-3-11-35-29-37(19-17-32(35)9-1)34-21-23-39(24-22-34)51(40-25-26-43-42-13-6-8-16-47(42)53-48(43)31-40)45-28-27-41(38-20-18-33-10-2-4-12-36(33)30-38)50-49(45)44-14-5-7-15-46(44)52-50/h1-31H. The van der Waals surface area contributed by atoms with Crippen LogP contribution in [0.15, 0.2) is 192 Å². The number of hydrogen-bond donors (Lipinski definition) is 0. The fraction of sp³-hybridized carbons (Fsp3) is 0. The predicted octanol–water partition coefficient (Wildman–Crippen LogP) is 15.1. The maximum absolute atomic E-state index is 6.81. The van der Waals surface area contributed by atoms with E-state index in [1.54, 1.807) is 0 Å². The molecule has 0 fully saturated rings. The summed E-state index contributed by atoms with van der Waals surface area (Å²) in [4.78, 5) is 2.41. The first kappa shape index (κ1) is 30.0. The van der Waals surface area contributed by atoms with Gasteiger partial charge < -0.3 is 9.32 Å². The molecule has 0 aliphatic carbocycles. The third kappa shape index (κ3) is 4.93. The van der Waals surface area contributed by atoms with Crippen LogP contribution in [-0.4, -0.2) is 0 Å². The number of rotatable bonds is 5. The van der Waals surface area contributed by atoms with E-state index in [4.69, 9.17) is 4.42 Å². The van der Waals surface area contributed by atoms with Crippen molar-refractivity contribution < 1.29 is 4.42 Å². The van der Waals surface area contributed by atoms with Crippen molar-refractivity contribution in [3.8, 4) is 22.3 Å². The maximum Gasteiger partial charge on any atom is 0.145 e. The van der Waals surface area contributed by atoms with Gasteiger partial charge in [-0.05, 0) is 98.9 Å². The quantitative estimate of drug-likeness (QED) is 0.178. The molecule has 0 amide bonds. The highest BCUT2D eigenvalue weighted by Crippen LogP contribution is 2.47. The molecule has 9 aromatic carbocycles. The van der Waals surface area contributed by atoms with E-state index in [0.29, 0.717) is 0 Å². The van der Waals surface area contributed by atoms with Gasteiger partial charge in [0, 0.05) is 42.5 Å². The zero-order chi connectivity index (χ0) is 34.9. The molecule has 0 saturated carbocycles. The highest BCUT2D eigenvalue weighted by molar-refractivity contribution is 7.25. The Labute approximate surface area is 310 Å². The fourth-order valence-electron chi connectivity index (χ4n) is 8.03. The summed E-state index contributed by atoms with van der Waals surface area (Å²) >= 11 is 1.85. The average Bonchev–Trinajstić information content (AvgIpc) is 3.80. The molecule has 0 saturated heterocycles. The van der Waals surface area contributed by atoms with Gasteiger partial charge in [-0.2, -0.15) is 0 Å². The van der Waals surface area contributed by atoms with Crippen LogP contribution in [0.3, 0.4) is 0 Å². The minimum atomic E-state index is 0.878. The normalized spacial score (nSPS) is 11.8. The molecule has 0 spiro atoms. The van der Waals surface area contributed by atoms with Crippen molar-refractivity contribution in [3.05, 3.63) is 188 Å². The number of hydrogen-bond acceptors (Lipinski definition) is 3. The van der Waals surface area contributed by atoms with E-state index in [9.17, 15) is 0 Å². The Kier molecular flexibility index (Phi) is 6.76. The smallest absolute Gasteiger partial charge is 0.145 e. The molecule has 2 nitrogen and oxygen atoms in total. The zero-order valence-electron chi connectivity index (χ0n) is 28.7. The fourth-order valence-corrected chi connectivity index (χ4v) is 9.17. The summed E-state index contributed by atoms with van der Waals surface area (Å²) < 4.78 is 9.38. The molecule has 11 rings (SSSR count). The van der Waals surface area contributed by atoms with Crippen LogP contribution in [0.2, 0.25) is 0 Å². The monoisotopic (exact) mass is 693 g/mol. The topological polar surface area (TPSA) is 16.4 Å². The molecular weight excluding hydrogens is 663 g/mol. The number of thiophene rings is 1. The van der Waals surface area contributed by atoms with Crippen molar-refractivity contribution in [1.29, 1.82) is 0 Å². The van der Waals surface area contributed by atoms with Crippen molar-refractivity contribution in [2.75, 3.05) is 4.90 Å². The minimum absolute atomic E-state index is 0.878. The molecule has 11 aromatic rings. The van der Waals surface area contributed by atoms with Gasteiger partial charge in [0.1, 0.15) is 11.2 Å². The molecule has 0 bridgehead atoms. The molecule has 0 N–H and O–H groups in total. The molecule has 53 heavy (non-hydrogen) atoms. The van der Waals surface area contributed by atoms with Crippen molar-refractivity contribution in [2.24, 2.45) is 0 Å². The molecule has 2 heterocycles. The van der Waals surface area contributed by atoms with Crippen molar-refractivity contribution >= 4 is 92.1 Å². The lowest BCUT2D eigenvalue weighted by Crippen LogP contribution is -2.10. The van der Waals surface area contributed by atoms with Crippen LogP contribution in [0, 0.1) is 0 Å². The molecule has 0 atom stereocenters. The highest BCUT2D eigenvalue weighted by Gasteiger charge is 2.23. The molecular formula is C50H31NOS. The van der Waals surface area contributed by atoms with Gasteiger partial charge in [-0.1, -0.05) is 127 Å². The van der Waals surface area contributed by atoms with Gasteiger partial charge in [-0.3, -0.25) is 0 Å². The van der Waals surface area contributed by atoms with E-state index in [1.807, 2.05) is 11.3 Å². The number of anilines is 3. The first-order valence-corrected chi connectivity index (χ1v) is 18.8. The lowest BCUT2D eigenvalue weighted by molar-refractivity contribution is 0.670. The Hall–Kier alpha value is -6.68. The molecule has 0 unspecified atom stereocenters. The van der Waals surface area contributed by atoms with Gasteiger partial charge in [-0.25, -0.2) is 0 Å². The number of para-hydroxylation sites is 1. The molecule has 248 valence electrons. The van der Waals surface area contributed by atoms with E-state index < -0.39 is 0 Å². The number of benzene rings is 9. The first-order valence-electron chi connectivity index (χ1n) is 18.0. The average molecular weight is 694 g/mol. The molecule has 0 aliphatic rings. The third-order valence-electron chi connectivity index (χ3n) is 10.6. The second-order valence-corrected chi connectivity index (χ2v) is 14.8. The van der Waals surface area contributed by atoms with Gasteiger partial charge in [0.2, 0.25) is 0 Å². The van der Waals surface area contributed by atoms with Crippen LogP contribution in [0.1, 0.15) is 0 Å². The summed E-state index contributed by atoms with van der Waals surface area (Å²) in [6.45, 7) is 0. The first-order chi connectivity index (χ1) is 26.2. The lowest BCUT2D eigenvalue weighted by Gasteiger charge is -2.27. The summed E-state index contributed by atoms with van der Waals surface area (Å²) in [5.41, 5.74) is 9.64. The number of furan rings is 1. The van der Waals surface area contributed by atoms with Crippen LogP contribution >= 0.6 is 11.3 Å². The molecule has 0 aliphatic heterocycles. The Morgan fingerprint density at radius 1 is 0.396 bits per heavy atom. The van der Waals surface area contributed by atoms with Crippen molar-refractivity contribution in [1.82, 2.24) is 0 Å². The second kappa shape index (κ2) is 11.9. The summed E-state index contributed by atoms with van der Waals surface area (Å²) in [5, 5.41) is 9.71. The molecule has 3 heteroatoms. The largest absolute Gasteiger partial charge is 0.455 e. The van der Waals surface area contributed by atoms with Crippen molar-refractivity contribution in [3.63, 3.8) is 0 Å². The van der Waals surface area contributed by atoms with Gasteiger partial charge in [0.05, 0.1) is 11.1 Å². The van der Waals surface area contributed by atoms with E-state index in [0.717, 1.165) is 50.1 Å². The molecule has 2 aromatic heterocycles. The Balaban J connectivity index is 1.13. The Morgan fingerprint density at radius 2 is 1.00 bits per heavy atom. The van der Waals surface area contributed by atoms with E-state index >= 15 is 0 Å². The second-order valence-electron chi connectivity index (χ2n) is 13.7. The minimum Gasteiger partial charge on any atom is -0.455 e. The summed E-state index contributed by atoms with van der Waals surface area (Å²) in [7, 11) is 0. The van der Waals surface area contributed by atoms with Gasteiger partial charge >= 0.3 is 0 Å². The van der Waals surface area contributed by atoms with Crippen LogP contribution in [0.5, 0.6) is 0 Å². The van der Waals surface area contributed by atoms with Crippen LogP contribution < -0.4 is 4.90 Å². The highest BCUT2D eigenvalue weighted by atomic mass is 32.1. The predicted molar refractivity (Wildman–Crippen MR) is 227 cm³/mol. The SMILES string of the molecule is c1ccc2cc(-c3ccc(N(c4ccc5c(c4)sc4ccccc45)c4ccc(-c5ccc6ccccc6c5)c5oc6ccccc6c45)cc3)ccc2c1. The Morgan fingerprint density at radius 3 is 1.79 bits per heavy atom. The van der Waals surface area contributed by atoms with E-state index in [1.165, 1.54) is 52.8 Å². The maximum atomic E-state index is 6.81. The molecule has 0 radical (unpaired) electrons. The van der Waals surface area contributed by atoms with E-state index in [2.05, 4.69) is 193 Å². The van der Waals surface area contributed by atoms with Gasteiger partial charge in [0.25, 0.3) is 0 Å². The summed E-state index contributed by atoms with van der Waals surface area (Å²) in [6, 6.07) is 68.0. The van der Waals surface area contributed by atoms with Crippen LogP contribution in [0.4, 0.5) is 17.1 Å². The van der Waals surface area contributed by atoms with Crippen LogP contribution in [0.25, 0.3) is 85.9 Å². The zero-order valence-corrected chi connectivity index (χ0v) is 29.5. The van der Waals surface area contributed by atoms with Crippen molar-refractivity contribution in [2.45, 2.75) is 0 Å². The van der Waals surface area contributed by atoms with E-state index in [-0.39, 0.29) is 0 Å². The van der Waals surface area contributed by atoms with Gasteiger partial charge in [-0.15, -0.1) is 11.3 Å². The number of nitrogens with zero attached hydrogens (tertiary/aromatic N) is 1. The summed E-state index contributed by atoms with van der Waals surface area (Å²) in [6.07, 6.45) is 0. The lowest BCUT2D eigenvalue weighted by atomic mass is 9.97. The van der Waals surface area contributed by atoms with Crippen LogP contribution in [-0.2, 0) is 0 Å². The third-order valence-corrected chi connectivity index (χ3v) is 11.8. The summed E-state index contributed by atoms with van der Waals surface area (Å²) in [5.74, 6) is 0. The number of fused-ring (bicyclic) bond motifs is 8. The Bertz CT molecular complexity index is 3190.